The van der Waals surface area contributed by atoms with Gasteiger partial charge in [-0.05, 0) is 112 Å². The zero-order chi connectivity index (χ0) is 47.1. The smallest absolute Gasteiger partial charge is 0.164 e. The van der Waals surface area contributed by atoms with Crippen molar-refractivity contribution in [1.82, 2.24) is 15.0 Å². The van der Waals surface area contributed by atoms with E-state index in [0.717, 1.165) is 16.7 Å². The molecule has 11 aromatic rings. The Morgan fingerprint density at radius 2 is 0.577 bits per heavy atom. The lowest BCUT2D eigenvalue weighted by Crippen LogP contribution is -2.43. The Kier molecular flexibility index (Phi) is 8.26. The molecule has 71 heavy (non-hydrogen) atoms. The molecule has 0 saturated carbocycles. The van der Waals surface area contributed by atoms with Gasteiger partial charge in [0.05, 0.1) is 10.8 Å². The van der Waals surface area contributed by atoms with Crippen LogP contribution in [0.15, 0.2) is 237 Å². The molecule has 4 aliphatic rings. The van der Waals surface area contributed by atoms with E-state index in [0.29, 0.717) is 17.5 Å². The van der Waals surface area contributed by atoms with Crippen LogP contribution in [0.2, 0.25) is 0 Å². The lowest BCUT2D eigenvalue weighted by molar-refractivity contribution is 0.633. The average Bonchev–Trinajstić information content (AvgIpc) is 3.99. The fraction of sp³-hybridized carbons (Fsp3) is 0.0735. The van der Waals surface area contributed by atoms with Crippen LogP contribution >= 0.6 is 0 Å². The largest absolute Gasteiger partial charge is 0.208 e. The molecule has 0 atom stereocenters. The van der Waals surface area contributed by atoms with E-state index in [1.807, 2.05) is 36.4 Å². The van der Waals surface area contributed by atoms with Crippen LogP contribution < -0.4 is 0 Å². The van der Waals surface area contributed by atoms with E-state index in [4.69, 9.17) is 15.0 Å². The summed E-state index contributed by atoms with van der Waals surface area (Å²) in [6.07, 6.45) is 0. The summed E-state index contributed by atoms with van der Waals surface area (Å²) in [5.41, 5.74) is 25.2. The minimum absolute atomic E-state index is 0.297. The Bertz CT molecular complexity index is 3880. The number of rotatable bonds is 4. The molecular formula is C68H45N3. The van der Waals surface area contributed by atoms with Crippen LogP contribution in [0.25, 0.3) is 78.7 Å². The second kappa shape index (κ2) is 14.6. The highest BCUT2D eigenvalue weighted by Gasteiger charge is 2.59. The molecule has 0 fully saturated rings. The second-order valence-electron chi connectivity index (χ2n) is 20.1. The molecular weight excluding hydrogens is 859 g/mol. The maximum atomic E-state index is 5.11. The number of aromatic nitrogens is 3. The Labute approximate surface area is 413 Å². The standard InChI is InChI=1S/C68H45N3/c1-66(2)60-40-44(36-38-49(60)50-39-37-45(41-61(50)66)65-70-63(42-20-5-3-6-21-42)69-64(71-65)43-22-7-4-8-23-43)46-27-19-35-59-62(46)51-26-11-14-30-54(51)68(59)57-33-17-15-31-55(57)67(56-32-16-18-34-58(56)68)52-28-12-9-24-47(52)48-25-10-13-29-53(48)67/h3-41H,1-2H3. The Balaban J connectivity index is 0.897. The molecule has 3 nitrogen and oxygen atoms in total. The van der Waals surface area contributed by atoms with Gasteiger partial charge in [-0.3, -0.25) is 0 Å². The first-order chi connectivity index (χ1) is 35.0. The zero-order valence-electron chi connectivity index (χ0n) is 39.4. The number of fused-ring (bicyclic) bond motifs is 19. The summed E-state index contributed by atoms with van der Waals surface area (Å²) in [6.45, 7) is 4.74. The van der Waals surface area contributed by atoms with Gasteiger partial charge < -0.3 is 0 Å². The topological polar surface area (TPSA) is 38.7 Å². The molecule has 0 saturated heterocycles. The Hall–Kier alpha value is -8.79. The van der Waals surface area contributed by atoms with Crippen molar-refractivity contribution >= 4 is 0 Å². The third-order valence-electron chi connectivity index (χ3n) is 16.4. The third-order valence-corrected chi connectivity index (χ3v) is 16.4. The zero-order valence-corrected chi connectivity index (χ0v) is 39.4. The molecule has 0 amide bonds. The molecule has 2 spiro atoms. The summed E-state index contributed by atoms with van der Waals surface area (Å²) in [7, 11) is 0. The Morgan fingerprint density at radius 3 is 1.08 bits per heavy atom. The quantitative estimate of drug-likeness (QED) is 0.177. The summed E-state index contributed by atoms with van der Waals surface area (Å²) in [4.78, 5) is 15.2. The number of hydrogen-bond acceptors (Lipinski definition) is 3. The highest BCUT2D eigenvalue weighted by Crippen LogP contribution is 2.68. The molecule has 0 N–H and O–H groups in total. The minimum Gasteiger partial charge on any atom is -0.208 e. The van der Waals surface area contributed by atoms with Crippen molar-refractivity contribution in [2.45, 2.75) is 30.1 Å². The van der Waals surface area contributed by atoms with Crippen molar-refractivity contribution in [2.75, 3.05) is 0 Å². The van der Waals surface area contributed by atoms with Gasteiger partial charge in [0.25, 0.3) is 0 Å². The lowest BCUT2D eigenvalue weighted by Gasteiger charge is -2.48. The van der Waals surface area contributed by atoms with E-state index in [1.165, 1.54) is 100 Å². The van der Waals surface area contributed by atoms with Gasteiger partial charge in [0.1, 0.15) is 0 Å². The van der Waals surface area contributed by atoms with Gasteiger partial charge in [0.15, 0.2) is 17.5 Å². The van der Waals surface area contributed by atoms with Crippen LogP contribution in [-0.4, -0.2) is 15.0 Å². The van der Waals surface area contributed by atoms with Crippen LogP contribution in [0.5, 0.6) is 0 Å². The molecule has 332 valence electrons. The summed E-state index contributed by atoms with van der Waals surface area (Å²) < 4.78 is 0. The first kappa shape index (κ1) is 40.1. The van der Waals surface area contributed by atoms with Gasteiger partial charge in [0.2, 0.25) is 0 Å². The molecule has 10 aromatic carbocycles. The summed E-state index contributed by atoms with van der Waals surface area (Å²) in [5.74, 6) is 1.99. The maximum absolute atomic E-state index is 5.11. The van der Waals surface area contributed by atoms with Crippen molar-refractivity contribution in [3.63, 3.8) is 0 Å². The molecule has 1 aromatic heterocycles. The normalized spacial score (nSPS) is 15.0. The lowest BCUT2D eigenvalue weighted by atomic mass is 9.52. The maximum Gasteiger partial charge on any atom is 0.164 e. The molecule has 0 radical (unpaired) electrons. The van der Waals surface area contributed by atoms with E-state index in [9.17, 15) is 0 Å². The molecule has 0 unspecified atom stereocenters. The number of hydrogen-bond donors (Lipinski definition) is 0. The van der Waals surface area contributed by atoms with Gasteiger partial charge in [-0.15, -0.1) is 0 Å². The van der Waals surface area contributed by atoms with Crippen LogP contribution in [0, 0.1) is 0 Å². The molecule has 15 rings (SSSR count). The van der Waals surface area contributed by atoms with Crippen LogP contribution in [-0.2, 0) is 16.2 Å². The molecule has 3 heteroatoms. The van der Waals surface area contributed by atoms with Gasteiger partial charge in [-0.1, -0.05) is 238 Å². The predicted molar refractivity (Wildman–Crippen MR) is 287 cm³/mol. The van der Waals surface area contributed by atoms with E-state index in [2.05, 4.69) is 214 Å². The first-order valence-electron chi connectivity index (χ1n) is 24.8. The first-order valence-corrected chi connectivity index (χ1v) is 24.8. The van der Waals surface area contributed by atoms with Gasteiger partial charge >= 0.3 is 0 Å². The third kappa shape index (κ3) is 5.25. The number of nitrogens with zero attached hydrogens (tertiary/aromatic N) is 3. The molecule has 4 aliphatic carbocycles. The SMILES string of the molecule is CC1(C)c2cc(-c3nc(-c4ccccc4)nc(-c4ccccc4)n3)ccc2-c2ccc(-c3cccc4c3-c3ccccc3C43c4ccccc4C4(c5ccccc5-c5ccccc54)c4ccccc43)cc21. The van der Waals surface area contributed by atoms with Crippen molar-refractivity contribution in [3.05, 3.63) is 292 Å². The summed E-state index contributed by atoms with van der Waals surface area (Å²) in [5, 5.41) is 0. The van der Waals surface area contributed by atoms with Gasteiger partial charge in [0, 0.05) is 22.1 Å². The van der Waals surface area contributed by atoms with Crippen molar-refractivity contribution < 1.29 is 0 Å². The predicted octanol–water partition coefficient (Wildman–Crippen LogP) is 15.9. The second-order valence-corrected chi connectivity index (χ2v) is 20.1. The van der Waals surface area contributed by atoms with Crippen LogP contribution in [0.4, 0.5) is 0 Å². The summed E-state index contributed by atoms with van der Waals surface area (Å²) >= 11 is 0. The molecule has 0 bridgehead atoms. The van der Waals surface area contributed by atoms with Gasteiger partial charge in [-0.25, -0.2) is 15.0 Å². The number of benzene rings is 10. The highest BCUT2D eigenvalue weighted by molar-refractivity contribution is 5.99. The van der Waals surface area contributed by atoms with Gasteiger partial charge in [-0.2, -0.15) is 0 Å². The van der Waals surface area contributed by atoms with Crippen LogP contribution in [0.3, 0.4) is 0 Å². The molecule has 1 heterocycles. The van der Waals surface area contributed by atoms with Crippen molar-refractivity contribution in [1.29, 1.82) is 0 Å². The van der Waals surface area contributed by atoms with E-state index < -0.39 is 10.8 Å². The fourth-order valence-corrected chi connectivity index (χ4v) is 13.5. The van der Waals surface area contributed by atoms with E-state index in [-0.39, 0.29) is 5.41 Å². The fourth-order valence-electron chi connectivity index (χ4n) is 13.5. The van der Waals surface area contributed by atoms with E-state index in [1.54, 1.807) is 0 Å². The van der Waals surface area contributed by atoms with Crippen LogP contribution in [0.1, 0.15) is 69.5 Å². The monoisotopic (exact) mass is 903 g/mol. The van der Waals surface area contributed by atoms with Crippen molar-refractivity contribution in [3.8, 4) is 78.7 Å². The highest BCUT2D eigenvalue weighted by atomic mass is 15.0. The minimum atomic E-state index is -0.550. The average molecular weight is 904 g/mol. The summed E-state index contributed by atoms with van der Waals surface area (Å²) in [6, 6.07) is 87.7. The Morgan fingerprint density at radius 1 is 0.239 bits per heavy atom. The van der Waals surface area contributed by atoms with Crippen molar-refractivity contribution in [2.24, 2.45) is 0 Å². The van der Waals surface area contributed by atoms with E-state index >= 15 is 0 Å². The molecule has 0 aliphatic heterocycles.